The molecule has 7 nitrogen and oxygen atoms in total. The van der Waals surface area contributed by atoms with E-state index in [0.717, 1.165) is 11.1 Å². The third-order valence-electron chi connectivity index (χ3n) is 4.36. The lowest BCUT2D eigenvalue weighted by molar-refractivity contribution is 0.0789. The predicted molar refractivity (Wildman–Crippen MR) is 109 cm³/mol. The molecule has 0 aliphatic rings. The first-order valence-corrected chi connectivity index (χ1v) is 9.52. The van der Waals surface area contributed by atoms with Gasteiger partial charge in [0.25, 0.3) is 0 Å². The molecule has 8 heteroatoms. The lowest BCUT2D eigenvalue weighted by Crippen LogP contribution is -2.07. The van der Waals surface area contributed by atoms with Crippen molar-refractivity contribution in [2.24, 2.45) is 0 Å². The number of nitrogens with zero attached hydrogens (tertiary/aromatic N) is 5. The quantitative estimate of drug-likeness (QED) is 0.439. The molecule has 0 N–H and O–H groups in total. The molecule has 4 rings (SSSR count). The molecule has 0 saturated heterocycles. The molecule has 152 valence electrons. The summed E-state index contributed by atoms with van der Waals surface area (Å²) in [6.07, 6.45) is 1.62. The number of aromatic nitrogens is 5. The van der Waals surface area contributed by atoms with Gasteiger partial charge in [-0.2, -0.15) is 4.98 Å². The van der Waals surface area contributed by atoms with Crippen molar-refractivity contribution in [2.45, 2.75) is 20.3 Å². The summed E-state index contributed by atoms with van der Waals surface area (Å²) in [6, 6.07) is 17.9. The fraction of sp³-hybridized carbons (Fsp3) is 0.182. The van der Waals surface area contributed by atoms with Crippen LogP contribution in [0, 0.1) is 5.82 Å². The second-order valence-electron chi connectivity index (χ2n) is 6.41. The fourth-order valence-electron chi connectivity index (χ4n) is 2.90. The average Bonchev–Trinajstić information content (AvgIpc) is 3.21. The molecule has 0 saturated carbocycles. The first kappa shape index (κ1) is 19.7. The Morgan fingerprint density at radius 3 is 2.57 bits per heavy atom. The molecule has 2 heterocycles. The van der Waals surface area contributed by atoms with Crippen molar-refractivity contribution in [3.8, 4) is 28.7 Å². The van der Waals surface area contributed by atoms with Gasteiger partial charge in [0.1, 0.15) is 30.5 Å². The van der Waals surface area contributed by atoms with Gasteiger partial charge in [-0.05, 0) is 42.8 Å². The summed E-state index contributed by atoms with van der Waals surface area (Å²) in [5.74, 6) is -0.319. The summed E-state index contributed by atoms with van der Waals surface area (Å²) >= 11 is 0. The largest absolute Gasteiger partial charge is 0.459 e. The summed E-state index contributed by atoms with van der Waals surface area (Å²) in [6.45, 7) is 2.99. The van der Waals surface area contributed by atoms with Gasteiger partial charge in [0.05, 0.1) is 5.69 Å². The number of rotatable bonds is 8. The molecule has 0 spiro atoms. The van der Waals surface area contributed by atoms with Crippen molar-refractivity contribution in [2.75, 3.05) is 6.61 Å². The maximum Gasteiger partial charge on any atom is 0.317 e. The van der Waals surface area contributed by atoms with Gasteiger partial charge in [-0.25, -0.2) is 14.1 Å². The minimum Gasteiger partial charge on any atom is -0.459 e. The molecular formula is C22H20FN5O2. The Kier molecular flexibility index (Phi) is 6.05. The second-order valence-corrected chi connectivity index (χ2v) is 6.41. The molecule has 0 fully saturated rings. The third-order valence-corrected chi connectivity index (χ3v) is 4.36. The number of benzene rings is 2. The zero-order valence-electron chi connectivity index (χ0n) is 16.4. The van der Waals surface area contributed by atoms with Crippen LogP contribution < -0.4 is 4.74 Å². The van der Waals surface area contributed by atoms with Gasteiger partial charge >= 0.3 is 6.01 Å². The topological polar surface area (TPSA) is 75.0 Å². The van der Waals surface area contributed by atoms with Crippen molar-refractivity contribution in [3.05, 3.63) is 78.2 Å². The SMILES string of the molecule is CCOCn1nnc(-c2ccc(F)cc2)c1-c1ccnc(OCc2ccccc2)n1. The van der Waals surface area contributed by atoms with Gasteiger partial charge in [-0.3, -0.25) is 0 Å². The lowest BCUT2D eigenvalue weighted by Gasteiger charge is -2.09. The van der Waals surface area contributed by atoms with E-state index in [-0.39, 0.29) is 18.6 Å². The van der Waals surface area contributed by atoms with Crippen LogP contribution in [0.1, 0.15) is 12.5 Å². The Hall–Kier alpha value is -3.65. The summed E-state index contributed by atoms with van der Waals surface area (Å²) in [7, 11) is 0. The summed E-state index contributed by atoms with van der Waals surface area (Å²) < 4.78 is 26.3. The molecule has 2 aromatic carbocycles. The summed E-state index contributed by atoms with van der Waals surface area (Å²) in [4.78, 5) is 8.74. The van der Waals surface area contributed by atoms with Gasteiger partial charge in [0.15, 0.2) is 0 Å². The van der Waals surface area contributed by atoms with Crippen molar-refractivity contribution in [1.82, 2.24) is 25.0 Å². The van der Waals surface area contributed by atoms with Crippen LogP contribution in [0.5, 0.6) is 6.01 Å². The van der Waals surface area contributed by atoms with Crippen LogP contribution in [0.3, 0.4) is 0 Å². The number of ether oxygens (including phenoxy) is 2. The highest BCUT2D eigenvalue weighted by Crippen LogP contribution is 2.30. The highest BCUT2D eigenvalue weighted by Gasteiger charge is 2.19. The molecule has 30 heavy (non-hydrogen) atoms. The van der Waals surface area contributed by atoms with Gasteiger partial charge in [-0.15, -0.1) is 5.10 Å². The second kappa shape index (κ2) is 9.23. The first-order valence-electron chi connectivity index (χ1n) is 9.52. The Balaban J connectivity index is 1.67. The van der Waals surface area contributed by atoms with Crippen molar-refractivity contribution < 1.29 is 13.9 Å². The monoisotopic (exact) mass is 405 g/mol. The summed E-state index contributed by atoms with van der Waals surface area (Å²) in [5, 5.41) is 8.48. The van der Waals surface area contributed by atoms with Gasteiger partial charge in [0, 0.05) is 18.4 Å². The van der Waals surface area contributed by atoms with E-state index in [4.69, 9.17) is 9.47 Å². The summed E-state index contributed by atoms with van der Waals surface area (Å²) in [5.41, 5.74) is 3.53. The van der Waals surface area contributed by atoms with Gasteiger partial charge in [-0.1, -0.05) is 35.5 Å². The Labute approximate surface area is 173 Å². The number of hydrogen-bond donors (Lipinski definition) is 0. The van der Waals surface area contributed by atoms with Crippen LogP contribution in [0.4, 0.5) is 4.39 Å². The Bertz CT molecular complexity index is 1100. The van der Waals surface area contributed by atoms with Crippen LogP contribution in [0.25, 0.3) is 22.6 Å². The molecule has 2 aromatic heterocycles. The van der Waals surface area contributed by atoms with E-state index in [1.165, 1.54) is 12.1 Å². The minimum atomic E-state index is -0.319. The smallest absolute Gasteiger partial charge is 0.317 e. The van der Waals surface area contributed by atoms with Crippen LogP contribution in [-0.2, 0) is 18.1 Å². The van der Waals surface area contributed by atoms with E-state index in [2.05, 4.69) is 20.3 Å². The molecular weight excluding hydrogens is 385 g/mol. The van der Waals surface area contributed by atoms with Crippen LogP contribution in [-0.4, -0.2) is 31.6 Å². The van der Waals surface area contributed by atoms with Gasteiger partial charge < -0.3 is 9.47 Å². The Morgan fingerprint density at radius 1 is 1.00 bits per heavy atom. The normalized spacial score (nSPS) is 10.9. The molecule has 0 amide bonds. The van der Waals surface area contributed by atoms with E-state index in [1.807, 2.05) is 37.3 Å². The first-order chi connectivity index (χ1) is 14.7. The average molecular weight is 405 g/mol. The highest BCUT2D eigenvalue weighted by atomic mass is 19.1. The molecule has 4 aromatic rings. The molecule has 0 radical (unpaired) electrons. The van der Waals surface area contributed by atoms with Gasteiger partial charge in [0.2, 0.25) is 0 Å². The predicted octanol–water partition coefficient (Wildman–Crippen LogP) is 4.11. The maximum atomic E-state index is 13.4. The van der Waals surface area contributed by atoms with E-state index in [0.29, 0.717) is 30.3 Å². The van der Waals surface area contributed by atoms with E-state index in [9.17, 15) is 4.39 Å². The highest BCUT2D eigenvalue weighted by molar-refractivity contribution is 5.76. The molecule has 0 atom stereocenters. The zero-order chi connectivity index (χ0) is 20.8. The molecule has 0 aliphatic carbocycles. The fourth-order valence-corrected chi connectivity index (χ4v) is 2.90. The van der Waals surface area contributed by atoms with Crippen molar-refractivity contribution in [1.29, 1.82) is 0 Å². The van der Waals surface area contributed by atoms with Crippen LogP contribution in [0.15, 0.2) is 66.9 Å². The number of hydrogen-bond acceptors (Lipinski definition) is 6. The minimum absolute atomic E-state index is 0.213. The maximum absolute atomic E-state index is 13.4. The van der Waals surface area contributed by atoms with E-state index >= 15 is 0 Å². The van der Waals surface area contributed by atoms with E-state index < -0.39 is 0 Å². The van der Waals surface area contributed by atoms with Crippen LogP contribution in [0.2, 0.25) is 0 Å². The van der Waals surface area contributed by atoms with E-state index in [1.54, 1.807) is 29.1 Å². The molecule has 0 unspecified atom stereocenters. The Morgan fingerprint density at radius 2 is 1.80 bits per heavy atom. The van der Waals surface area contributed by atoms with Crippen molar-refractivity contribution in [3.63, 3.8) is 0 Å². The number of halogens is 1. The third kappa shape index (κ3) is 4.49. The lowest BCUT2D eigenvalue weighted by atomic mass is 10.1. The molecule has 0 aliphatic heterocycles. The molecule has 0 bridgehead atoms. The standard InChI is InChI=1S/C22H20FN5O2/c1-2-29-15-28-21(20(26-27-28)17-8-10-18(23)11-9-17)19-12-13-24-22(25-19)30-14-16-6-4-3-5-7-16/h3-13H,2,14-15H2,1H3. The zero-order valence-corrected chi connectivity index (χ0v) is 16.4. The van der Waals surface area contributed by atoms with Crippen molar-refractivity contribution >= 4 is 0 Å². The van der Waals surface area contributed by atoms with Crippen LogP contribution >= 0.6 is 0 Å².